The molecular formula is C19H14BrFN4S. The van der Waals surface area contributed by atoms with Crippen LogP contribution in [0.25, 0.3) is 22.2 Å². The van der Waals surface area contributed by atoms with Gasteiger partial charge in [0.15, 0.2) is 0 Å². The quantitative estimate of drug-likeness (QED) is 0.445. The Labute approximate surface area is 161 Å². The summed E-state index contributed by atoms with van der Waals surface area (Å²) in [5.74, 6) is -0.284. The summed E-state index contributed by atoms with van der Waals surface area (Å²) in [6, 6.07) is 12.7. The molecule has 0 atom stereocenters. The summed E-state index contributed by atoms with van der Waals surface area (Å²) >= 11 is 4.92. The van der Waals surface area contributed by atoms with E-state index in [0.29, 0.717) is 16.1 Å². The number of hydrogen-bond donors (Lipinski definition) is 1. The second-order valence-corrected chi connectivity index (χ2v) is 7.35. The Hall–Kier alpha value is -2.51. The lowest BCUT2D eigenvalue weighted by Gasteiger charge is -2.04. The average Bonchev–Trinajstić information content (AvgIpc) is 3.23. The van der Waals surface area contributed by atoms with Crippen LogP contribution in [0, 0.1) is 5.82 Å². The fraction of sp³-hybridized carbons (Fsp3) is 0.0526. The van der Waals surface area contributed by atoms with Gasteiger partial charge in [-0.1, -0.05) is 28.1 Å². The maximum atomic E-state index is 14.2. The summed E-state index contributed by atoms with van der Waals surface area (Å²) in [5, 5.41) is 7.50. The highest BCUT2D eigenvalue weighted by Crippen LogP contribution is 2.24. The van der Waals surface area contributed by atoms with E-state index in [4.69, 9.17) is 0 Å². The van der Waals surface area contributed by atoms with Gasteiger partial charge in [0.05, 0.1) is 11.9 Å². The van der Waals surface area contributed by atoms with Gasteiger partial charge < -0.3 is 4.98 Å². The summed E-state index contributed by atoms with van der Waals surface area (Å²) in [6.45, 7) is 0. The molecule has 0 amide bonds. The predicted molar refractivity (Wildman–Crippen MR) is 108 cm³/mol. The third kappa shape index (κ3) is 3.04. The van der Waals surface area contributed by atoms with Crippen molar-refractivity contribution in [3.63, 3.8) is 0 Å². The molecule has 0 aliphatic carbocycles. The molecule has 26 heavy (non-hydrogen) atoms. The minimum atomic E-state index is -0.284. The normalized spacial score (nSPS) is 12.5. The molecule has 0 aliphatic heterocycles. The number of hydrogen-bond acceptors (Lipinski definition) is 3. The molecule has 0 aliphatic rings. The summed E-state index contributed by atoms with van der Waals surface area (Å²) in [7, 11) is 1.70. The zero-order valence-corrected chi connectivity index (χ0v) is 16.2. The third-order valence-electron chi connectivity index (χ3n) is 4.01. The van der Waals surface area contributed by atoms with Gasteiger partial charge in [0, 0.05) is 45.1 Å². The van der Waals surface area contributed by atoms with Gasteiger partial charge >= 0.3 is 0 Å². The molecule has 2 heterocycles. The number of nitrogens with zero attached hydrogens (tertiary/aromatic N) is 3. The number of H-pyrrole nitrogens is 1. The van der Waals surface area contributed by atoms with Gasteiger partial charge in [0.25, 0.3) is 0 Å². The zero-order valence-electron chi connectivity index (χ0n) is 13.8. The van der Waals surface area contributed by atoms with Crippen molar-refractivity contribution in [2.45, 2.75) is 0 Å². The van der Waals surface area contributed by atoms with E-state index in [1.807, 2.05) is 35.8 Å². The lowest BCUT2D eigenvalue weighted by molar-refractivity contribution is 0.629. The maximum absolute atomic E-state index is 14.2. The van der Waals surface area contributed by atoms with E-state index >= 15 is 0 Å². The topological polar surface area (TPSA) is 45.4 Å². The number of halogens is 2. The van der Waals surface area contributed by atoms with Gasteiger partial charge in [0.1, 0.15) is 5.82 Å². The van der Waals surface area contributed by atoms with Gasteiger partial charge in [-0.05, 0) is 30.3 Å². The van der Waals surface area contributed by atoms with Crippen LogP contribution in [0.4, 0.5) is 4.39 Å². The van der Waals surface area contributed by atoms with Crippen LogP contribution >= 0.6 is 27.3 Å². The molecule has 2 aromatic heterocycles. The smallest absolute Gasteiger partial charge is 0.205 e. The monoisotopic (exact) mass is 428 g/mol. The molecule has 1 N–H and O–H groups in total. The van der Waals surface area contributed by atoms with Gasteiger partial charge in [0.2, 0.25) is 4.80 Å². The van der Waals surface area contributed by atoms with E-state index in [0.717, 1.165) is 20.9 Å². The Balaban J connectivity index is 1.83. The number of thiazole rings is 1. The largest absolute Gasteiger partial charge is 0.361 e. The molecular weight excluding hydrogens is 415 g/mol. The second kappa shape index (κ2) is 7.01. The third-order valence-corrected chi connectivity index (χ3v) is 5.42. The van der Waals surface area contributed by atoms with E-state index < -0.39 is 0 Å². The zero-order chi connectivity index (χ0) is 18.1. The first-order chi connectivity index (χ1) is 12.7. The number of aromatic amines is 1. The van der Waals surface area contributed by atoms with Gasteiger partial charge in [-0.15, -0.1) is 11.3 Å². The highest BCUT2D eigenvalue weighted by Gasteiger charge is 2.11. The lowest BCUT2D eigenvalue weighted by atomic mass is 10.1. The van der Waals surface area contributed by atoms with Crippen molar-refractivity contribution < 1.29 is 4.39 Å². The van der Waals surface area contributed by atoms with Crippen LogP contribution in [0.3, 0.4) is 0 Å². The molecule has 0 radical (unpaired) electrons. The van der Waals surface area contributed by atoms with Crippen LogP contribution in [-0.4, -0.2) is 22.9 Å². The minimum absolute atomic E-state index is 0.284. The van der Waals surface area contributed by atoms with Crippen molar-refractivity contribution >= 4 is 44.4 Å². The van der Waals surface area contributed by atoms with E-state index in [9.17, 15) is 4.39 Å². The summed E-state index contributed by atoms with van der Waals surface area (Å²) in [6.07, 6.45) is 3.66. The molecule has 0 saturated heterocycles. The first-order valence-electron chi connectivity index (χ1n) is 7.86. The van der Waals surface area contributed by atoms with E-state index in [-0.39, 0.29) is 5.82 Å². The Kier molecular flexibility index (Phi) is 4.57. The van der Waals surface area contributed by atoms with E-state index in [1.54, 1.807) is 30.1 Å². The molecule has 0 spiro atoms. The van der Waals surface area contributed by atoms with E-state index in [1.165, 1.54) is 17.4 Å². The maximum Gasteiger partial charge on any atom is 0.205 e. The predicted octanol–water partition coefficient (Wildman–Crippen LogP) is 5.01. The van der Waals surface area contributed by atoms with E-state index in [2.05, 4.69) is 31.0 Å². The van der Waals surface area contributed by atoms with Crippen LogP contribution < -0.4 is 4.80 Å². The highest BCUT2D eigenvalue weighted by molar-refractivity contribution is 9.10. The summed E-state index contributed by atoms with van der Waals surface area (Å²) in [5.41, 5.74) is 3.14. The SMILES string of the molecule is CN=c1scc(-c2ccccc2F)n1N=Cc1c[nH]c2ccc(Br)cc12. The summed E-state index contributed by atoms with van der Waals surface area (Å²) in [4.78, 5) is 8.17. The highest BCUT2D eigenvalue weighted by atomic mass is 79.9. The number of benzene rings is 2. The molecule has 130 valence electrons. The Morgan fingerprint density at radius 3 is 2.88 bits per heavy atom. The van der Waals surface area contributed by atoms with Crippen molar-refractivity contribution in [2.24, 2.45) is 10.1 Å². The second-order valence-electron chi connectivity index (χ2n) is 5.60. The molecule has 0 unspecified atom stereocenters. The van der Waals surface area contributed by atoms with Crippen LogP contribution in [0.2, 0.25) is 0 Å². The number of rotatable bonds is 3. The molecule has 4 aromatic rings. The molecule has 4 nitrogen and oxygen atoms in total. The van der Waals surface area contributed by atoms with Gasteiger partial charge in [-0.25, -0.2) is 9.07 Å². The van der Waals surface area contributed by atoms with Crippen LogP contribution in [0.1, 0.15) is 5.56 Å². The Morgan fingerprint density at radius 1 is 1.23 bits per heavy atom. The Bertz CT molecular complexity index is 1190. The number of nitrogens with one attached hydrogen (secondary N) is 1. The molecule has 4 rings (SSSR count). The van der Waals surface area contributed by atoms with Gasteiger partial charge in [-0.2, -0.15) is 5.10 Å². The van der Waals surface area contributed by atoms with Crippen LogP contribution in [0.15, 0.2) is 68.6 Å². The molecule has 2 aromatic carbocycles. The minimum Gasteiger partial charge on any atom is -0.361 e. The van der Waals surface area contributed by atoms with Gasteiger partial charge in [-0.3, -0.25) is 4.99 Å². The first kappa shape index (κ1) is 16.9. The summed E-state index contributed by atoms with van der Waals surface area (Å²) < 4.78 is 16.9. The molecule has 0 fully saturated rings. The molecule has 0 bridgehead atoms. The standard InChI is InChI=1S/C19H14BrFN4S/c1-22-19-25(18(11-26-19)14-4-2-3-5-16(14)21)24-10-12-9-23-17-7-6-13(20)8-15(12)17/h2-11,23H,1H3. The van der Waals surface area contributed by atoms with Crippen molar-refractivity contribution in [3.05, 3.63) is 74.7 Å². The van der Waals surface area contributed by atoms with Crippen molar-refractivity contribution in [1.29, 1.82) is 0 Å². The van der Waals surface area contributed by atoms with Crippen molar-refractivity contribution in [2.75, 3.05) is 7.05 Å². The van der Waals surface area contributed by atoms with Crippen molar-refractivity contribution in [3.8, 4) is 11.3 Å². The fourth-order valence-electron chi connectivity index (χ4n) is 2.76. The lowest BCUT2D eigenvalue weighted by Crippen LogP contribution is -2.11. The van der Waals surface area contributed by atoms with Crippen LogP contribution in [0.5, 0.6) is 0 Å². The number of fused-ring (bicyclic) bond motifs is 1. The number of aromatic nitrogens is 2. The fourth-order valence-corrected chi connectivity index (χ4v) is 3.91. The average molecular weight is 429 g/mol. The van der Waals surface area contributed by atoms with Crippen LogP contribution in [-0.2, 0) is 0 Å². The first-order valence-corrected chi connectivity index (χ1v) is 9.54. The molecule has 0 saturated carbocycles. The Morgan fingerprint density at radius 2 is 2.08 bits per heavy atom. The van der Waals surface area contributed by atoms with Crippen molar-refractivity contribution in [1.82, 2.24) is 9.66 Å². The molecule has 7 heteroatoms.